The summed E-state index contributed by atoms with van der Waals surface area (Å²) in [6.07, 6.45) is 0.793. The third-order valence-electron chi connectivity index (χ3n) is 2.30. The Labute approximate surface area is 108 Å². The number of halogens is 3. The summed E-state index contributed by atoms with van der Waals surface area (Å²) in [6.45, 7) is 3.00. The lowest BCUT2D eigenvalue weighted by atomic mass is 10.1. The van der Waals surface area contributed by atoms with Crippen molar-refractivity contribution >= 4 is 21.8 Å². The van der Waals surface area contributed by atoms with Crippen LogP contribution in [0, 0.1) is 11.6 Å². The lowest BCUT2D eigenvalue weighted by Crippen LogP contribution is -2.34. The smallest absolute Gasteiger partial charge is 0.256 e. The Morgan fingerprint density at radius 3 is 2.59 bits per heavy atom. The summed E-state index contributed by atoms with van der Waals surface area (Å²) >= 11 is 3.24. The number of rotatable bonds is 5. The molecule has 0 saturated heterocycles. The third-order valence-corrected chi connectivity index (χ3v) is 2.65. The first-order valence-corrected chi connectivity index (χ1v) is 6.52. The zero-order valence-electron chi connectivity index (χ0n) is 9.55. The molecule has 5 heteroatoms. The van der Waals surface area contributed by atoms with Gasteiger partial charge in [0.2, 0.25) is 0 Å². The van der Waals surface area contributed by atoms with Crippen molar-refractivity contribution in [3.8, 4) is 0 Å². The highest BCUT2D eigenvalue weighted by atomic mass is 79.9. The number of amides is 1. The first-order chi connectivity index (χ1) is 8.10. The molecule has 1 aromatic rings. The lowest BCUT2D eigenvalue weighted by Gasteiger charge is -2.21. The number of nitrogens with zero attached hydrogens (tertiary/aromatic N) is 1. The molecule has 0 saturated carbocycles. The van der Waals surface area contributed by atoms with E-state index in [2.05, 4.69) is 15.9 Å². The van der Waals surface area contributed by atoms with Crippen LogP contribution in [0.5, 0.6) is 0 Å². The lowest BCUT2D eigenvalue weighted by molar-refractivity contribution is 0.0761. The van der Waals surface area contributed by atoms with Crippen molar-refractivity contribution < 1.29 is 13.6 Å². The fourth-order valence-corrected chi connectivity index (χ4v) is 1.95. The van der Waals surface area contributed by atoms with Gasteiger partial charge in [0.15, 0.2) is 0 Å². The van der Waals surface area contributed by atoms with Gasteiger partial charge in [-0.25, -0.2) is 8.78 Å². The molecular weight excluding hydrogens is 292 g/mol. The Hall–Kier alpha value is -0.970. The molecular formula is C12H14BrF2NO. The quantitative estimate of drug-likeness (QED) is 0.765. The molecule has 0 radical (unpaired) electrons. The maximum absolute atomic E-state index is 13.4. The van der Waals surface area contributed by atoms with E-state index >= 15 is 0 Å². The number of carbonyl (C=O) groups is 1. The van der Waals surface area contributed by atoms with Gasteiger partial charge < -0.3 is 4.90 Å². The van der Waals surface area contributed by atoms with Crippen molar-refractivity contribution in [1.82, 2.24) is 4.90 Å². The molecule has 0 unspecified atom stereocenters. The maximum atomic E-state index is 13.4. The first kappa shape index (κ1) is 14.1. The monoisotopic (exact) mass is 305 g/mol. The molecule has 94 valence electrons. The SMILES string of the molecule is CCCN(CCBr)C(=O)c1ccc(F)cc1F. The van der Waals surface area contributed by atoms with Crippen LogP contribution in [-0.2, 0) is 0 Å². The van der Waals surface area contributed by atoms with Crippen molar-refractivity contribution in [1.29, 1.82) is 0 Å². The van der Waals surface area contributed by atoms with E-state index in [1.165, 1.54) is 6.07 Å². The van der Waals surface area contributed by atoms with Gasteiger partial charge in [0.1, 0.15) is 11.6 Å². The molecule has 0 fully saturated rings. The van der Waals surface area contributed by atoms with Crippen molar-refractivity contribution in [3.05, 3.63) is 35.4 Å². The number of carbonyl (C=O) groups excluding carboxylic acids is 1. The zero-order chi connectivity index (χ0) is 12.8. The molecule has 0 heterocycles. The van der Waals surface area contributed by atoms with Gasteiger partial charge in [0, 0.05) is 24.5 Å². The topological polar surface area (TPSA) is 20.3 Å². The number of hydrogen-bond acceptors (Lipinski definition) is 1. The van der Waals surface area contributed by atoms with E-state index in [-0.39, 0.29) is 5.56 Å². The molecule has 2 nitrogen and oxygen atoms in total. The second kappa shape index (κ2) is 6.69. The molecule has 17 heavy (non-hydrogen) atoms. The zero-order valence-corrected chi connectivity index (χ0v) is 11.1. The molecule has 1 rings (SSSR count). The normalized spacial score (nSPS) is 10.4. The molecule has 1 amide bonds. The predicted octanol–water partition coefficient (Wildman–Crippen LogP) is 3.21. The van der Waals surface area contributed by atoms with Gasteiger partial charge >= 0.3 is 0 Å². The first-order valence-electron chi connectivity index (χ1n) is 5.40. The molecule has 0 bridgehead atoms. The highest BCUT2D eigenvalue weighted by molar-refractivity contribution is 9.09. The largest absolute Gasteiger partial charge is 0.338 e. The maximum Gasteiger partial charge on any atom is 0.256 e. The van der Waals surface area contributed by atoms with Crippen LogP contribution in [0.1, 0.15) is 23.7 Å². The third kappa shape index (κ3) is 3.77. The minimum atomic E-state index is -0.814. The Balaban J connectivity index is 2.92. The van der Waals surface area contributed by atoms with Crippen LogP contribution in [0.4, 0.5) is 8.78 Å². The highest BCUT2D eigenvalue weighted by Crippen LogP contribution is 2.12. The van der Waals surface area contributed by atoms with Gasteiger partial charge in [0.25, 0.3) is 5.91 Å². The molecule has 1 aromatic carbocycles. The molecule has 0 atom stereocenters. The van der Waals surface area contributed by atoms with E-state index in [1.54, 1.807) is 4.90 Å². The summed E-state index contributed by atoms with van der Waals surface area (Å²) < 4.78 is 26.2. The van der Waals surface area contributed by atoms with Crippen molar-refractivity contribution in [2.24, 2.45) is 0 Å². The molecule has 0 aliphatic heterocycles. The number of hydrogen-bond donors (Lipinski definition) is 0. The highest BCUT2D eigenvalue weighted by Gasteiger charge is 2.18. The molecule has 0 aliphatic carbocycles. The van der Waals surface area contributed by atoms with Gasteiger partial charge in [-0.05, 0) is 18.6 Å². The minimum absolute atomic E-state index is 0.0826. The second-order valence-corrected chi connectivity index (χ2v) is 4.40. The van der Waals surface area contributed by atoms with Crippen LogP contribution in [0.2, 0.25) is 0 Å². The Bertz CT molecular complexity index is 392. The van der Waals surface area contributed by atoms with Gasteiger partial charge in [-0.1, -0.05) is 22.9 Å². The summed E-state index contributed by atoms with van der Waals surface area (Å²) in [7, 11) is 0. The predicted molar refractivity (Wildman–Crippen MR) is 66.3 cm³/mol. The average molecular weight is 306 g/mol. The fourth-order valence-electron chi connectivity index (χ4n) is 1.52. The summed E-state index contributed by atoms with van der Waals surface area (Å²) in [5.74, 6) is -1.89. The van der Waals surface area contributed by atoms with Gasteiger partial charge in [0.05, 0.1) is 5.56 Å². The van der Waals surface area contributed by atoms with Gasteiger partial charge in [-0.2, -0.15) is 0 Å². The Morgan fingerprint density at radius 1 is 1.35 bits per heavy atom. The molecule has 0 aromatic heterocycles. The summed E-state index contributed by atoms with van der Waals surface area (Å²) in [6, 6.07) is 3.00. The molecule has 0 N–H and O–H groups in total. The van der Waals surface area contributed by atoms with E-state index in [4.69, 9.17) is 0 Å². The number of benzene rings is 1. The van der Waals surface area contributed by atoms with Crippen LogP contribution in [0.3, 0.4) is 0 Å². The molecule has 0 spiro atoms. The standard InChI is InChI=1S/C12H14BrF2NO/c1-2-6-16(7-5-13)12(17)10-4-3-9(14)8-11(10)15/h3-4,8H,2,5-7H2,1H3. The minimum Gasteiger partial charge on any atom is -0.338 e. The van der Waals surface area contributed by atoms with E-state index in [0.29, 0.717) is 18.4 Å². The van der Waals surface area contributed by atoms with Gasteiger partial charge in [-0.3, -0.25) is 4.79 Å². The fraction of sp³-hybridized carbons (Fsp3) is 0.417. The van der Waals surface area contributed by atoms with Crippen LogP contribution >= 0.6 is 15.9 Å². The average Bonchev–Trinajstić information content (AvgIpc) is 2.28. The van der Waals surface area contributed by atoms with Crippen molar-refractivity contribution in [2.75, 3.05) is 18.4 Å². The summed E-state index contributed by atoms with van der Waals surface area (Å²) in [4.78, 5) is 13.5. The summed E-state index contributed by atoms with van der Waals surface area (Å²) in [5.41, 5.74) is -0.0826. The Kier molecular flexibility index (Phi) is 5.55. The van der Waals surface area contributed by atoms with Crippen LogP contribution in [0.15, 0.2) is 18.2 Å². The molecule has 0 aliphatic rings. The second-order valence-electron chi connectivity index (χ2n) is 3.61. The van der Waals surface area contributed by atoms with Crippen molar-refractivity contribution in [2.45, 2.75) is 13.3 Å². The van der Waals surface area contributed by atoms with E-state index in [0.717, 1.165) is 18.6 Å². The summed E-state index contributed by atoms with van der Waals surface area (Å²) in [5, 5.41) is 0.627. The van der Waals surface area contributed by atoms with Gasteiger partial charge in [-0.15, -0.1) is 0 Å². The van der Waals surface area contributed by atoms with E-state index < -0.39 is 17.5 Å². The van der Waals surface area contributed by atoms with Crippen LogP contribution in [0.25, 0.3) is 0 Å². The van der Waals surface area contributed by atoms with Crippen LogP contribution < -0.4 is 0 Å². The van der Waals surface area contributed by atoms with Crippen LogP contribution in [-0.4, -0.2) is 29.2 Å². The van der Waals surface area contributed by atoms with E-state index in [1.807, 2.05) is 6.92 Å². The van der Waals surface area contributed by atoms with Crippen molar-refractivity contribution in [3.63, 3.8) is 0 Å². The number of alkyl halides is 1. The Morgan fingerprint density at radius 2 is 2.06 bits per heavy atom. The van der Waals surface area contributed by atoms with E-state index in [9.17, 15) is 13.6 Å².